The number of benzene rings is 1. The van der Waals surface area contributed by atoms with Crippen LogP contribution in [0.5, 0.6) is 0 Å². The maximum absolute atomic E-state index is 13.8. The van der Waals surface area contributed by atoms with Gasteiger partial charge in [-0.15, -0.1) is 5.10 Å². The van der Waals surface area contributed by atoms with E-state index in [2.05, 4.69) is 27.2 Å². The first-order chi connectivity index (χ1) is 17.0. The van der Waals surface area contributed by atoms with Crippen molar-refractivity contribution in [3.8, 4) is 23.0 Å². The van der Waals surface area contributed by atoms with Gasteiger partial charge in [-0.3, -0.25) is 14.0 Å². The van der Waals surface area contributed by atoms with Crippen LogP contribution in [-0.4, -0.2) is 29.9 Å². The fourth-order valence-corrected chi connectivity index (χ4v) is 4.07. The zero-order chi connectivity index (χ0) is 24.5. The molecule has 4 heterocycles. The average Bonchev–Trinajstić information content (AvgIpc) is 3.20. The molecule has 9 nitrogen and oxygen atoms in total. The van der Waals surface area contributed by atoms with Crippen molar-refractivity contribution in [3.63, 3.8) is 0 Å². The van der Waals surface area contributed by atoms with E-state index in [1.807, 2.05) is 30.3 Å². The molecule has 1 atom stereocenters. The van der Waals surface area contributed by atoms with Gasteiger partial charge in [0.25, 0.3) is 11.5 Å². The lowest BCUT2D eigenvalue weighted by atomic mass is 10.0. The zero-order valence-electron chi connectivity index (χ0n) is 19.1. The van der Waals surface area contributed by atoms with Crippen LogP contribution in [-0.2, 0) is 0 Å². The lowest BCUT2D eigenvalue weighted by Gasteiger charge is -2.18. The first-order valence-corrected chi connectivity index (χ1v) is 10.9. The fourth-order valence-electron chi connectivity index (χ4n) is 4.07. The minimum atomic E-state index is -0.630. The van der Waals surface area contributed by atoms with E-state index < -0.39 is 11.9 Å². The second-order valence-corrected chi connectivity index (χ2v) is 7.87. The molecule has 1 aromatic carbocycles. The molecular formula is C26H21N7O2. The quantitative estimate of drug-likeness (QED) is 0.396. The molecule has 0 aliphatic carbocycles. The third-order valence-electron chi connectivity index (χ3n) is 5.60. The SMILES string of the molecule is CC#Cc1cccc2nc([C@H](C)NC(=O)c3c(N)nn4cccnc34)c(-c3ccccc3)c(=O)n12. The Kier molecular flexibility index (Phi) is 5.47. The van der Waals surface area contributed by atoms with Gasteiger partial charge in [0.15, 0.2) is 11.5 Å². The van der Waals surface area contributed by atoms with Gasteiger partial charge >= 0.3 is 0 Å². The number of hydrogen-bond acceptors (Lipinski definition) is 6. The molecule has 0 spiro atoms. The van der Waals surface area contributed by atoms with Crippen molar-refractivity contribution < 1.29 is 4.79 Å². The number of anilines is 1. The number of aromatic nitrogens is 5. The number of nitrogen functional groups attached to an aromatic ring is 1. The lowest BCUT2D eigenvalue weighted by molar-refractivity contribution is 0.0941. The van der Waals surface area contributed by atoms with E-state index in [4.69, 9.17) is 10.7 Å². The Morgan fingerprint density at radius 3 is 2.69 bits per heavy atom. The van der Waals surface area contributed by atoms with Gasteiger partial charge < -0.3 is 11.1 Å². The van der Waals surface area contributed by atoms with Crippen LogP contribution in [0.25, 0.3) is 22.4 Å². The molecule has 0 saturated heterocycles. The molecule has 0 bridgehead atoms. The summed E-state index contributed by atoms with van der Waals surface area (Å²) in [5.74, 6) is 5.41. The van der Waals surface area contributed by atoms with Crippen LogP contribution in [0.4, 0.5) is 5.82 Å². The van der Waals surface area contributed by atoms with Crippen molar-refractivity contribution in [1.29, 1.82) is 0 Å². The number of carbonyl (C=O) groups excluding carboxylic acids is 1. The summed E-state index contributed by atoms with van der Waals surface area (Å²) in [6.45, 7) is 3.48. The van der Waals surface area contributed by atoms with Crippen molar-refractivity contribution >= 4 is 23.0 Å². The Morgan fingerprint density at radius 1 is 1.11 bits per heavy atom. The highest BCUT2D eigenvalue weighted by molar-refractivity contribution is 6.04. The molecule has 5 aromatic rings. The maximum Gasteiger partial charge on any atom is 0.267 e. The van der Waals surface area contributed by atoms with E-state index in [-0.39, 0.29) is 16.9 Å². The van der Waals surface area contributed by atoms with Crippen LogP contribution in [0.1, 0.15) is 41.6 Å². The predicted octanol–water partition coefficient (Wildman–Crippen LogP) is 2.85. The summed E-state index contributed by atoms with van der Waals surface area (Å²) in [4.78, 5) is 36.1. The molecule has 0 radical (unpaired) electrons. The number of fused-ring (bicyclic) bond motifs is 2. The summed E-state index contributed by atoms with van der Waals surface area (Å²) in [6, 6.07) is 15.6. The number of hydrogen-bond donors (Lipinski definition) is 2. The average molecular weight is 464 g/mol. The van der Waals surface area contributed by atoms with Crippen molar-refractivity contribution in [2.75, 3.05) is 5.73 Å². The van der Waals surface area contributed by atoms with E-state index in [0.717, 1.165) is 0 Å². The van der Waals surface area contributed by atoms with E-state index in [9.17, 15) is 9.59 Å². The van der Waals surface area contributed by atoms with Gasteiger partial charge in [0.1, 0.15) is 16.9 Å². The first kappa shape index (κ1) is 21.9. The van der Waals surface area contributed by atoms with Crippen molar-refractivity contribution in [1.82, 2.24) is 29.3 Å². The minimum absolute atomic E-state index is 0.0611. The number of nitrogens with two attached hydrogens (primary N) is 1. The topological polar surface area (TPSA) is 120 Å². The summed E-state index contributed by atoms with van der Waals surface area (Å²) >= 11 is 0. The van der Waals surface area contributed by atoms with Crippen LogP contribution < -0.4 is 16.6 Å². The molecule has 3 N–H and O–H groups in total. The Labute approximate surface area is 200 Å². The molecule has 35 heavy (non-hydrogen) atoms. The molecule has 0 unspecified atom stereocenters. The number of amides is 1. The van der Waals surface area contributed by atoms with Gasteiger partial charge in [-0.2, -0.15) is 0 Å². The van der Waals surface area contributed by atoms with Gasteiger partial charge in [0.05, 0.1) is 17.3 Å². The predicted molar refractivity (Wildman–Crippen MR) is 133 cm³/mol. The van der Waals surface area contributed by atoms with Crippen LogP contribution in [0.15, 0.2) is 71.8 Å². The van der Waals surface area contributed by atoms with Crippen LogP contribution in [0, 0.1) is 11.8 Å². The third kappa shape index (κ3) is 3.77. The first-order valence-electron chi connectivity index (χ1n) is 10.9. The van der Waals surface area contributed by atoms with Gasteiger partial charge in [0, 0.05) is 12.4 Å². The molecule has 0 aliphatic heterocycles. The highest BCUT2D eigenvalue weighted by atomic mass is 16.2. The smallest absolute Gasteiger partial charge is 0.267 e. The Bertz CT molecular complexity index is 1710. The molecular weight excluding hydrogens is 442 g/mol. The highest BCUT2D eigenvalue weighted by Gasteiger charge is 2.25. The van der Waals surface area contributed by atoms with Crippen molar-refractivity contribution in [2.45, 2.75) is 19.9 Å². The zero-order valence-corrected chi connectivity index (χ0v) is 19.1. The normalized spacial score (nSPS) is 11.7. The monoisotopic (exact) mass is 463 g/mol. The summed E-state index contributed by atoms with van der Waals surface area (Å²) < 4.78 is 2.94. The summed E-state index contributed by atoms with van der Waals surface area (Å²) in [5.41, 5.74) is 8.72. The maximum atomic E-state index is 13.8. The second kappa shape index (κ2) is 8.76. The molecule has 5 rings (SSSR count). The van der Waals surface area contributed by atoms with Crippen LogP contribution >= 0.6 is 0 Å². The molecule has 0 saturated carbocycles. The molecule has 4 aromatic heterocycles. The standard InChI is InChI=1S/C26H21N7O2/c1-3-9-18-12-7-13-19-30-22(20(26(35)33(18)19)17-10-5-4-6-11-17)16(2)29-25(34)21-23(27)31-32-15-8-14-28-24(21)32/h4-8,10-16H,1-2H3,(H2,27,31)(H,29,34)/t16-/m0/s1. The fraction of sp³-hybridized carbons (Fsp3) is 0.115. The second-order valence-electron chi connectivity index (χ2n) is 7.87. The Balaban J connectivity index is 1.66. The van der Waals surface area contributed by atoms with E-state index >= 15 is 0 Å². The van der Waals surface area contributed by atoms with Crippen LogP contribution in [0.3, 0.4) is 0 Å². The molecule has 0 fully saturated rings. The molecule has 1 amide bonds. The summed E-state index contributed by atoms with van der Waals surface area (Å²) in [5, 5.41) is 7.07. The van der Waals surface area contributed by atoms with Gasteiger partial charge in [-0.25, -0.2) is 14.5 Å². The summed E-state index contributed by atoms with van der Waals surface area (Å²) in [6.07, 6.45) is 3.22. The van der Waals surface area contributed by atoms with Crippen molar-refractivity contribution in [2.24, 2.45) is 0 Å². The largest absolute Gasteiger partial charge is 0.381 e. The number of pyridine rings is 1. The highest BCUT2D eigenvalue weighted by Crippen LogP contribution is 2.26. The third-order valence-corrected chi connectivity index (χ3v) is 5.60. The number of rotatable bonds is 4. The lowest BCUT2D eigenvalue weighted by Crippen LogP contribution is -2.31. The van der Waals surface area contributed by atoms with Crippen LogP contribution in [0.2, 0.25) is 0 Å². The Hall–Kier alpha value is -4.97. The number of nitrogens with one attached hydrogen (secondary N) is 1. The molecule has 172 valence electrons. The minimum Gasteiger partial charge on any atom is -0.381 e. The summed E-state index contributed by atoms with van der Waals surface area (Å²) in [7, 11) is 0. The van der Waals surface area contributed by atoms with Gasteiger partial charge in [-0.05, 0) is 43.5 Å². The number of carbonyl (C=O) groups is 1. The van der Waals surface area contributed by atoms with E-state index in [1.54, 1.807) is 50.5 Å². The van der Waals surface area contributed by atoms with E-state index in [0.29, 0.717) is 33.8 Å². The Morgan fingerprint density at radius 2 is 1.91 bits per heavy atom. The van der Waals surface area contributed by atoms with E-state index in [1.165, 1.54) is 8.92 Å². The molecule has 0 aliphatic rings. The van der Waals surface area contributed by atoms with Gasteiger partial charge in [0.2, 0.25) is 0 Å². The molecule has 9 heteroatoms. The van der Waals surface area contributed by atoms with Crippen molar-refractivity contribution in [3.05, 3.63) is 94.3 Å². The van der Waals surface area contributed by atoms with Gasteiger partial charge in [-0.1, -0.05) is 42.3 Å². The number of nitrogens with zero attached hydrogens (tertiary/aromatic N) is 5.